The van der Waals surface area contributed by atoms with Gasteiger partial charge in [-0.15, -0.1) is 0 Å². The number of benzene rings is 1. The molecule has 2 aromatic rings. The number of aromatic nitrogens is 1. The number of rotatable bonds is 4. The molecule has 3 heterocycles. The van der Waals surface area contributed by atoms with E-state index >= 15 is 0 Å². The molecule has 200 valence electrons. The summed E-state index contributed by atoms with van der Waals surface area (Å²) in [5.74, 6) is 1.11. The minimum absolute atomic E-state index is 0.0312. The average molecular weight is 515 g/mol. The predicted molar refractivity (Wildman–Crippen MR) is 149 cm³/mol. The van der Waals surface area contributed by atoms with Gasteiger partial charge in [-0.2, -0.15) is 0 Å². The lowest BCUT2D eigenvalue weighted by molar-refractivity contribution is -0.0522. The molecule has 0 unspecified atom stereocenters. The summed E-state index contributed by atoms with van der Waals surface area (Å²) < 4.78 is 5.64. The minimum atomic E-state index is -0.447. The van der Waals surface area contributed by atoms with Crippen LogP contribution in [0.25, 0.3) is 5.57 Å². The first-order valence-electron chi connectivity index (χ1n) is 13.9. The highest BCUT2D eigenvalue weighted by molar-refractivity contribution is 6.33. The second-order valence-electron chi connectivity index (χ2n) is 12.2. The van der Waals surface area contributed by atoms with Crippen LogP contribution in [-0.2, 0) is 16.6 Å². The molecule has 2 N–H and O–H groups in total. The van der Waals surface area contributed by atoms with Gasteiger partial charge in [-0.05, 0) is 65.6 Å². The van der Waals surface area contributed by atoms with Crippen molar-refractivity contribution in [2.75, 3.05) is 44.3 Å². The molecule has 0 bridgehead atoms. The zero-order chi connectivity index (χ0) is 26.8. The normalized spacial score (nSPS) is 22.3. The van der Waals surface area contributed by atoms with Crippen molar-refractivity contribution in [3.8, 4) is 0 Å². The molecule has 0 radical (unpaired) electrons. The van der Waals surface area contributed by atoms with Crippen LogP contribution in [0.2, 0.25) is 0 Å². The summed E-state index contributed by atoms with van der Waals surface area (Å²) in [7, 11) is 0. The van der Waals surface area contributed by atoms with Crippen molar-refractivity contribution in [2.24, 2.45) is 11.7 Å². The standard InChI is InChI=1S/C31H38N4O3/c1-19(2)31(35-11-13-38-14-12-35)7-9-34(10-8-31)26-17-24-23(18-33-26)28(36)27-22-6-5-20(29(32)37)15-21(22)16-25(27)30(24,3)4/h5-6,15,17-19H,7-14,16H2,1-4H3,(H2,32,37). The topological polar surface area (TPSA) is 88.8 Å². The summed E-state index contributed by atoms with van der Waals surface area (Å²) in [4.78, 5) is 35.4. The fourth-order valence-electron chi connectivity index (χ4n) is 7.37. The van der Waals surface area contributed by atoms with Gasteiger partial charge in [-0.1, -0.05) is 33.8 Å². The summed E-state index contributed by atoms with van der Waals surface area (Å²) in [5, 5.41) is 0. The summed E-state index contributed by atoms with van der Waals surface area (Å²) in [6.07, 6.45) is 4.64. The third-order valence-corrected chi connectivity index (χ3v) is 9.79. The van der Waals surface area contributed by atoms with Gasteiger partial charge in [0.25, 0.3) is 0 Å². The first kappa shape index (κ1) is 25.3. The molecule has 1 amide bonds. The van der Waals surface area contributed by atoms with E-state index in [9.17, 15) is 9.59 Å². The molecule has 38 heavy (non-hydrogen) atoms. The van der Waals surface area contributed by atoms with Crippen LogP contribution >= 0.6 is 0 Å². The van der Waals surface area contributed by atoms with E-state index in [4.69, 9.17) is 15.5 Å². The monoisotopic (exact) mass is 514 g/mol. The van der Waals surface area contributed by atoms with Gasteiger partial charge in [0.05, 0.1) is 13.2 Å². The average Bonchev–Trinajstić information content (AvgIpc) is 3.32. The maximum atomic E-state index is 13.8. The number of ether oxygens (including phenoxy) is 1. The van der Waals surface area contributed by atoms with Gasteiger partial charge < -0.3 is 15.4 Å². The number of piperidine rings is 1. The highest BCUT2D eigenvalue weighted by Crippen LogP contribution is 2.50. The number of Topliss-reactive ketones (excluding diaryl/α,β-unsaturated/α-hetero) is 1. The van der Waals surface area contributed by atoms with Gasteiger partial charge in [0.15, 0.2) is 5.78 Å². The number of hydrogen-bond acceptors (Lipinski definition) is 6. The first-order chi connectivity index (χ1) is 18.1. The number of anilines is 1. The Labute approximate surface area is 225 Å². The van der Waals surface area contributed by atoms with Crippen molar-refractivity contribution in [2.45, 2.75) is 57.9 Å². The number of hydrogen-bond donors (Lipinski definition) is 1. The Kier molecular flexibility index (Phi) is 6.00. The summed E-state index contributed by atoms with van der Waals surface area (Å²) in [5.41, 5.74) is 11.4. The number of nitrogens with two attached hydrogens (primary N) is 1. The van der Waals surface area contributed by atoms with Gasteiger partial charge in [0.2, 0.25) is 5.91 Å². The fraction of sp³-hybridized carbons (Fsp3) is 0.516. The lowest BCUT2D eigenvalue weighted by Crippen LogP contribution is -2.61. The van der Waals surface area contributed by atoms with Crippen LogP contribution in [0, 0.1) is 5.92 Å². The van der Waals surface area contributed by atoms with Crippen molar-refractivity contribution < 1.29 is 14.3 Å². The number of carbonyl (C=O) groups excluding carboxylic acids is 2. The Hall–Kier alpha value is -3.03. The number of carbonyl (C=O) groups is 2. The van der Waals surface area contributed by atoms with E-state index in [0.717, 1.165) is 85.9 Å². The number of pyridine rings is 1. The van der Waals surface area contributed by atoms with Crippen molar-refractivity contribution in [3.05, 3.63) is 63.9 Å². The largest absolute Gasteiger partial charge is 0.379 e. The Morgan fingerprint density at radius 1 is 1.05 bits per heavy atom. The van der Waals surface area contributed by atoms with Gasteiger partial charge in [-0.25, -0.2) is 4.98 Å². The molecule has 2 saturated heterocycles. The number of ketones is 1. The molecule has 6 rings (SSSR count). The predicted octanol–water partition coefficient (Wildman–Crippen LogP) is 3.99. The smallest absolute Gasteiger partial charge is 0.248 e. The molecule has 0 saturated carbocycles. The fourth-order valence-corrected chi connectivity index (χ4v) is 7.37. The molecule has 1 aromatic heterocycles. The second kappa shape index (κ2) is 9.02. The van der Waals surface area contributed by atoms with Gasteiger partial charge in [0.1, 0.15) is 5.82 Å². The summed E-state index contributed by atoms with van der Waals surface area (Å²) >= 11 is 0. The van der Waals surface area contributed by atoms with Crippen LogP contribution in [0.4, 0.5) is 5.82 Å². The van der Waals surface area contributed by atoms with Crippen LogP contribution < -0.4 is 10.6 Å². The van der Waals surface area contributed by atoms with Crippen molar-refractivity contribution in [1.82, 2.24) is 9.88 Å². The molecule has 2 aliphatic carbocycles. The number of nitrogens with zero attached hydrogens (tertiary/aromatic N) is 3. The minimum Gasteiger partial charge on any atom is -0.379 e. The van der Waals surface area contributed by atoms with Crippen LogP contribution in [0.3, 0.4) is 0 Å². The van der Waals surface area contributed by atoms with Crippen molar-refractivity contribution in [1.29, 1.82) is 0 Å². The van der Waals surface area contributed by atoms with Gasteiger partial charge in [-0.3, -0.25) is 14.5 Å². The Balaban J connectivity index is 1.28. The maximum Gasteiger partial charge on any atom is 0.248 e. The SMILES string of the molecule is CC(C)C1(N2CCOCC2)CCN(c2cc3c(cn2)C(=O)C2=C(Cc4cc(C(N)=O)ccc42)C3(C)C)CC1. The van der Waals surface area contributed by atoms with Crippen molar-refractivity contribution in [3.63, 3.8) is 0 Å². The molecular weight excluding hydrogens is 476 g/mol. The highest BCUT2D eigenvalue weighted by Gasteiger charge is 2.45. The third kappa shape index (κ3) is 3.74. The zero-order valence-corrected chi connectivity index (χ0v) is 23.0. The van der Waals surface area contributed by atoms with E-state index in [1.54, 1.807) is 12.3 Å². The maximum absolute atomic E-state index is 13.8. The van der Waals surface area contributed by atoms with E-state index in [-0.39, 0.29) is 16.7 Å². The van der Waals surface area contributed by atoms with E-state index in [0.29, 0.717) is 23.5 Å². The lowest BCUT2D eigenvalue weighted by atomic mass is 9.69. The molecule has 2 aliphatic heterocycles. The van der Waals surface area contributed by atoms with Crippen LogP contribution in [0.15, 0.2) is 36.0 Å². The van der Waals surface area contributed by atoms with E-state index in [1.807, 2.05) is 12.1 Å². The van der Waals surface area contributed by atoms with E-state index in [2.05, 4.69) is 43.6 Å². The molecule has 1 aromatic carbocycles. The summed E-state index contributed by atoms with van der Waals surface area (Å²) in [6.45, 7) is 14.7. The van der Waals surface area contributed by atoms with Crippen molar-refractivity contribution >= 4 is 23.1 Å². The lowest BCUT2D eigenvalue weighted by Gasteiger charge is -2.53. The van der Waals surface area contributed by atoms with Gasteiger partial charge in [0, 0.05) is 60.0 Å². The Morgan fingerprint density at radius 3 is 2.42 bits per heavy atom. The zero-order valence-electron chi connectivity index (χ0n) is 23.0. The van der Waals surface area contributed by atoms with Gasteiger partial charge >= 0.3 is 0 Å². The molecule has 2 fully saturated rings. The second-order valence-corrected chi connectivity index (χ2v) is 12.2. The van der Waals surface area contributed by atoms with Crippen LogP contribution in [0.1, 0.15) is 77.9 Å². The number of amides is 1. The Morgan fingerprint density at radius 2 is 1.76 bits per heavy atom. The number of allylic oxidation sites excluding steroid dienone is 2. The Bertz CT molecular complexity index is 1340. The van der Waals surface area contributed by atoms with E-state index < -0.39 is 5.91 Å². The van der Waals surface area contributed by atoms with E-state index in [1.165, 1.54) is 0 Å². The quantitative estimate of drug-likeness (QED) is 0.664. The third-order valence-electron chi connectivity index (χ3n) is 9.79. The molecule has 4 aliphatic rings. The molecule has 0 atom stereocenters. The van der Waals surface area contributed by atoms with Crippen LogP contribution in [0.5, 0.6) is 0 Å². The molecule has 7 heteroatoms. The highest BCUT2D eigenvalue weighted by atomic mass is 16.5. The number of primary amides is 1. The molecule has 7 nitrogen and oxygen atoms in total. The first-order valence-corrected chi connectivity index (χ1v) is 13.9. The number of fused-ring (bicyclic) bond motifs is 3. The van der Waals surface area contributed by atoms with Crippen LogP contribution in [-0.4, -0.2) is 66.5 Å². The summed E-state index contributed by atoms with van der Waals surface area (Å²) in [6, 6.07) is 7.60. The number of morpholine rings is 1. The molecular formula is C31H38N4O3. The molecule has 0 spiro atoms.